The molecule has 1 heterocycles. The van der Waals surface area contributed by atoms with E-state index < -0.39 is 29.9 Å². The summed E-state index contributed by atoms with van der Waals surface area (Å²) in [4.78, 5) is 43.1. The van der Waals surface area contributed by atoms with Crippen molar-refractivity contribution < 1.29 is 19.5 Å². The van der Waals surface area contributed by atoms with Crippen LogP contribution in [-0.4, -0.2) is 59.0 Å². The highest BCUT2D eigenvalue weighted by Crippen LogP contribution is 2.19. The Kier molecular flexibility index (Phi) is 8.18. The Hall–Kier alpha value is -3.60. The Morgan fingerprint density at radius 3 is 2.53 bits per heavy atom. The minimum Gasteiger partial charge on any atom is -0.480 e. The quantitative estimate of drug-likeness (QED) is 0.135. The molecule has 30 heavy (non-hydrogen) atoms. The number of rotatable bonds is 11. The average molecular weight is 417 g/mol. The zero-order valence-corrected chi connectivity index (χ0v) is 16.4. The van der Waals surface area contributed by atoms with Gasteiger partial charge in [-0.05, 0) is 24.5 Å². The van der Waals surface area contributed by atoms with Crippen LogP contribution in [0.5, 0.6) is 0 Å². The van der Waals surface area contributed by atoms with Crippen LogP contribution in [0.3, 0.4) is 0 Å². The highest BCUT2D eigenvalue weighted by atomic mass is 16.4. The van der Waals surface area contributed by atoms with Gasteiger partial charge in [-0.15, -0.1) is 0 Å². The summed E-state index contributed by atoms with van der Waals surface area (Å²) < 4.78 is 0. The van der Waals surface area contributed by atoms with Crippen molar-refractivity contribution in [2.45, 2.75) is 31.3 Å². The van der Waals surface area contributed by atoms with E-state index in [2.05, 4.69) is 20.6 Å². The van der Waals surface area contributed by atoms with Gasteiger partial charge < -0.3 is 37.9 Å². The molecule has 0 saturated heterocycles. The first kappa shape index (κ1) is 22.7. The lowest BCUT2D eigenvalue weighted by molar-refractivity contribution is -0.142. The zero-order chi connectivity index (χ0) is 22.1. The highest BCUT2D eigenvalue weighted by molar-refractivity contribution is 5.91. The van der Waals surface area contributed by atoms with Gasteiger partial charge in [0.15, 0.2) is 5.96 Å². The Bertz CT molecular complexity index is 920. The molecule has 0 radical (unpaired) electrons. The van der Waals surface area contributed by atoms with E-state index in [-0.39, 0.29) is 31.9 Å². The molecule has 11 heteroatoms. The number of hydrogen-bond donors (Lipinski definition) is 7. The SMILES string of the molecule is NCC(=O)NC(CCCN=C(N)N)C(=O)NC(Cc1c[nH]c2ccccc12)C(=O)O. The van der Waals surface area contributed by atoms with Crippen molar-refractivity contribution in [1.82, 2.24) is 15.6 Å². The van der Waals surface area contributed by atoms with Crippen LogP contribution in [0, 0.1) is 0 Å². The number of fused-ring (bicyclic) bond motifs is 1. The Balaban J connectivity index is 2.09. The second-order valence-electron chi connectivity index (χ2n) is 6.74. The summed E-state index contributed by atoms with van der Waals surface area (Å²) in [5, 5.41) is 15.5. The third-order valence-corrected chi connectivity index (χ3v) is 4.50. The van der Waals surface area contributed by atoms with Gasteiger partial charge in [-0.25, -0.2) is 4.79 Å². The van der Waals surface area contributed by atoms with Crippen molar-refractivity contribution in [2.75, 3.05) is 13.1 Å². The standard InChI is InChI=1S/C19H27N7O4/c20-9-16(27)25-14(6-3-7-23-19(21)22)17(28)26-15(18(29)30)8-11-10-24-13-5-2-1-4-12(11)13/h1-2,4-5,10,14-15,24H,3,6-9,20H2,(H,25,27)(H,26,28)(H,29,30)(H4,21,22,23). The maximum Gasteiger partial charge on any atom is 0.326 e. The number of hydrogen-bond acceptors (Lipinski definition) is 5. The minimum atomic E-state index is -1.18. The number of carbonyl (C=O) groups excluding carboxylic acids is 2. The van der Waals surface area contributed by atoms with Crippen LogP contribution >= 0.6 is 0 Å². The second kappa shape index (κ2) is 10.8. The number of carbonyl (C=O) groups is 3. The Morgan fingerprint density at radius 1 is 1.13 bits per heavy atom. The van der Waals surface area contributed by atoms with Gasteiger partial charge in [0.05, 0.1) is 6.54 Å². The van der Waals surface area contributed by atoms with Crippen molar-refractivity contribution in [3.05, 3.63) is 36.0 Å². The van der Waals surface area contributed by atoms with Crippen molar-refractivity contribution >= 4 is 34.6 Å². The molecular weight excluding hydrogens is 390 g/mol. The molecule has 0 spiro atoms. The molecule has 0 aliphatic heterocycles. The molecule has 0 aliphatic rings. The summed E-state index contributed by atoms with van der Waals surface area (Å²) in [6.45, 7) is -0.0301. The summed E-state index contributed by atoms with van der Waals surface area (Å²) in [5.41, 5.74) is 17.5. The summed E-state index contributed by atoms with van der Waals surface area (Å²) in [6.07, 6.45) is 2.42. The number of nitrogens with zero attached hydrogens (tertiary/aromatic N) is 1. The van der Waals surface area contributed by atoms with E-state index in [0.717, 1.165) is 16.5 Å². The Morgan fingerprint density at radius 2 is 1.87 bits per heavy atom. The number of aliphatic imine (C=N–C) groups is 1. The maximum atomic E-state index is 12.7. The third kappa shape index (κ3) is 6.48. The molecule has 1 aromatic heterocycles. The lowest BCUT2D eigenvalue weighted by Gasteiger charge is -2.21. The van der Waals surface area contributed by atoms with E-state index in [9.17, 15) is 19.5 Å². The average Bonchev–Trinajstić information content (AvgIpc) is 3.12. The molecule has 1 aromatic carbocycles. The molecule has 2 aromatic rings. The van der Waals surface area contributed by atoms with Gasteiger partial charge in [0.25, 0.3) is 0 Å². The van der Waals surface area contributed by atoms with Gasteiger partial charge in [0, 0.05) is 30.1 Å². The number of aromatic amines is 1. The topological polar surface area (TPSA) is 202 Å². The number of guanidine groups is 1. The molecule has 10 N–H and O–H groups in total. The van der Waals surface area contributed by atoms with Crippen LogP contribution in [0.25, 0.3) is 10.9 Å². The van der Waals surface area contributed by atoms with Crippen molar-refractivity contribution in [3.63, 3.8) is 0 Å². The van der Waals surface area contributed by atoms with Crippen LogP contribution in [0.4, 0.5) is 0 Å². The molecule has 0 fully saturated rings. The number of para-hydroxylation sites is 1. The van der Waals surface area contributed by atoms with Crippen LogP contribution in [0.1, 0.15) is 18.4 Å². The van der Waals surface area contributed by atoms with E-state index in [1.807, 2.05) is 24.3 Å². The Labute approximate surface area is 173 Å². The molecule has 2 atom stereocenters. The highest BCUT2D eigenvalue weighted by Gasteiger charge is 2.27. The third-order valence-electron chi connectivity index (χ3n) is 4.50. The summed E-state index contributed by atoms with van der Waals surface area (Å²) in [7, 11) is 0. The van der Waals surface area contributed by atoms with Gasteiger partial charge in [-0.3, -0.25) is 14.6 Å². The second-order valence-corrected chi connectivity index (χ2v) is 6.74. The monoisotopic (exact) mass is 417 g/mol. The van der Waals surface area contributed by atoms with Crippen LogP contribution in [-0.2, 0) is 20.8 Å². The number of benzene rings is 1. The fraction of sp³-hybridized carbons (Fsp3) is 0.368. The van der Waals surface area contributed by atoms with Crippen LogP contribution < -0.4 is 27.8 Å². The summed E-state index contributed by atoms with van der Waals surface area (Å²) in [6, 6.07) is 5.33. The fourth-order valence-corrected chi connectivity index (χ4v) is 3.02. The molecule has 0 aliphatic carbocycles. The largest absolute Gasteiger partial charge is 0.480 e. The number of amides is 2. The first-order valence-corrected chi connectivity index (χ1v) is 9.44. The smallest absolute Gasteiger partial charge is 0.326 e. The van der Waals surface area contributed by atoms with E-state index in [4.69, 9.17) is 17.2 Å². The van der Waals surface area contributed by atoms with Gasteiger partial charge in [0.1, 0.15) is 12.1 Å². The lowest BCUT2D eigenvalue weighted by Crippen LogP contribution is -2.53. The summed E-state index contributed by atoms with van der Waals surface area (Å²) >= 11 is 0. The van der Waals surface area contributed by atoms with Crippen molar-refractivity contribution in [1.29, 1.82) is 0 Å². The molecule has 0 bridgehead atoms. The van der Waals surface area contributed by atoms with Crippen LogP contribution in [0.2, 0.25) is 0 Å². The van der Waals surface area contributed by atoms with Gasteiger partial charge in [0.2, 0.25) is 11.8 Å². The van der Waals surface area contributed by atoms with Gasteiger partial charge in [-0.2, -0.15) is 0 Å². The number of aromatic nitrogens is 1. The normalized spacial score (nSPS) is 12.7. The van der Waals surface area contributed by atoms with E-state index in [0.29, 0.717) is 6.42 Å². The van der Waals surface area contributed by atoms with E-state index >= 15 is 0 Å². The number of nitrogens with two attached hydrogens (primary N) is 3. The van der Waals surface area contributed by atoms with Gasteiger partial charge >= 0.3 is 5.97 Å². The van der Waals surface area contributed by atoms with Crippen molar-refractivity contribution in [3.8, 4) is 0 Å². The lowest BCUT2D eigenvalue weighted by atomic mass is 10.0. The molecule has 0 saturated carbocycles. The molecule has 2 unspecified atom stereocenters. The maximum absolute atomic E-state index is 12.7. The predicted octanol–water partition coefficient (Wildman–Crippen LogP) is -1.22. The molecule has 11 nitrogen and oxygen atoms in total. The molecular formula is C19H27N7O4. The minimum absolute atomic E-state index is 0.0772. The molecule has 2 amide bonds. The number of aliphatic carboxylic acids is 1. The number of carboxylic acids is 1. The first-order valence-electron chi connectivity index (χ1n) is 9.44. The van der Waals surface area contributed by atoms with Crippen molar-refractivity contribution in [2.24, 2.45) is 22.2 Å². The van der Waals surface area contributed by atoms with E-state index in [1.54, 1.807) is 6.20 Å². The van der Waals surface area contributed by atoms with Crippen LogP contribution in [0.15, 0.2) is 35.5 Å². The van der Waals surface area contributed by atoms with Gasteiger partial charge in [-0.1, -0.05) is 18.2 Å². The summed E-state index contributed by atoms with van der Waals surface area (Å²) in [5.74, 6) is -2.40. The predicted molar refractivity (Wildman–Crippen MR) is 112 cm³/mol. The number of carboxylic acid groups (broad SMARTS) is 1. The fourth-order valence-electron chi connectivity index (χ4n) is 3.02. The number of H-pyrrole nitrogens is 1. The molecule has 162 valence electrons. The van der Waals surface area contributed by atoms with E-state index in [1.165, 1.54) is 0 Å². The number of nitrogens with one attached hydrogen (secondary N) is 3. The first-order chi connectivity index (χ1) is 14.3. The zero-order valence-electron chi connectivity index (χ0n) is 16.4. The molecule has 2 rings (SSSR count).